The van der Waals surface area contributed by atoms with Gasteiger partial charge in [0.05, 0.1) is 22.2 Å². The van der Waals surface area contributed by atoms with Crippen LogP contribution >= 0.6 is 0 Å². The maximum atomic E-state index is 14.1. The van der Waals surface area contributed by atoms with Crippen molar-refractivity contribution in [2.24, 2.45) is 0 Å². The van der Waals surface area contributed by atoms with Gasteiger partial charge in [-0.3, -0.25) is 0 Å². The van der Waals surface area contributed by atoms with Crippen molar-refractivity contribution in [1.82, 2.24) is 4.57 Å². The van der Waals surface area contributed by atoms with Crippen LogP contribution in [-0.2, 0) is 0 Å². The molecule has 0 aliphatic rings. The van der Waals surface area contributed by atoms with Crippen molar-refractivity contribution in [1.29, 1.82) is 5.26 Å². The Morgan fingerprint density at radius 3 is 2.52 bits per heavy atom. The Bertz CT molecular complexity index is 1200. The van der Waals surface area contributed by atoms with E-state index in [1.807, 2.05) is 24.3 Å². The minimum atomic E-state index is -1.01. The molecule has 0 unspecified atom stereocenters. The molecule has 120 valence electrons. The van der Waals surface area contributed by atoms with Crippen molar-refractivity contribution in [3.8, 4) is 11.8 Å². The number of hydrogen-bond donors (Lipinski definition) is 1. The molecule has 0 saturated heterocycles. The molecule has 1 aromatic heterocycles. The number of benzene rings is 3. The summed E-state index contributed by atoms with van der Waals surface area (Å²) in [7, 11) is 0. The number of aromatic carboxylic acids is 1. The van der Waals surface area contributed by atoms with Crippen molar-refractivity contribution in [3.63, 3.8) is 0 Å². The average molecular weight is 330 g/mol. The van der Waals surface area contributed by atoms with Gasteiger partial charge in [0.15, 0.2) is 0 Å². The van der Waals surface area contributed by atoms with E-state index in [2.05, 4.69) is 0 Å². The molecular formula is C20H11FN2O2. The predicted octanol–water partition coefficient (Wildman–Crippen LogP) is 4.49. The maximum absolute atomic E-state index is 14.1. The van der Waals surface area contributed by atoms with Crippen molar-refractivity contribution in [2.75, 3.05) is 0 Å². The Labute approximate surface area is 142 Å². The van der Waals surface area contributed by atoms with Crippen LogP contribution in [0.5, 0.6) is 0 Å². The first-order valence-electron chi connectivity index (χ1n) is 7.57. The van der Waals surface area contributed by atoms with Crippen molar-refractivity contribution in [2.45, 2.75) is 0 Å². The molecule has 0 spiro atoms. The van der Waals surface area contributed by atoms with E-state index in [0.717, 1.165) is 10.9 Å². The number of fused-ring (bicyclic) bond motifs is 3. The first kappa shape index (κ1) is 14.9. The topological polar surface area (TPSA) is 66.0 Å². The number of carbonyl (C=O) groups is 1. The first-order valence-corrected chi connectivity index (χ1v) is 7.57. The van der Waals surface area contributed by atoms with Gasteiger partial charge in [-0.15, -0.1) is 0 Å². The van der Waals surface area contributed by atoms with E-state index in [1.165, 1.54) is 12.1 Å². The molecule has 4 rings (SSSR count). The van der Waals surface area contributed by atoms with Crippen LogP contribution in [0.25, 0.3) is 27.5 Å². The maximum Gasteiger partial charge on any atom is 0.336 e. The molecule has 1 N–H and O–H groups in total. The highest BCUT2D eigenvalue weighted by Gasteiger charge is 2.18. The third-order valence-electron chi connectivity index (χ3n) is 4.26. The van der Waals surface area contributed by atoms with E-state index in [0.29, 0.717) is 16.6 Å². The third-order valence-corrected chi connectivity index (χ3v) is 4.26. The molecule has 0 atom stereocenters. The van der Waals surface area contributed by atoms with Crippen LogP contribution in [0.1, 0.15) is 15.9 Å². The first-order chi connectivity index (χ1) is 12.1. The molecule has 1 heterocycles. The van der Waals surface area contributed by atoms with E-state index in [4.69, 9.17) is 5.26 Å². The minimum Gasteiger partial charge on any atom is -0.478 e. The Balaban J connectivity index is 2.17. The summed E-state index contributed by atoms with van der Waals surface area (Å²) in [4.78, 5) is 11.6. The molecule has 4 nitrogen and oxygen atoms in total. The fraction of sp³-hybridized carbons (Fsp3) is 0. The molecule has 0 aliphatic carbocycles. The smallest absolute Gasteiger partial charge is 0.336 e. The highest BCUT2D eigenvalue weighted by molar-refractivity contribution is 6.17. The average Bonchev–Trinajstić information content (AvgIpc) is 2.96. The van der Waals surface area contributed by atoms with Gasteiger partial charge in [0, 0.05) is 16.5 Å². The lowest BCUT2D eigenvalue weighted by molar-refractivity contribution is 0.0699. The molecule has 0 amide bonds. The fourth-order valence-corrected chi connectivity index (χ4v) is 3.21. The quantitative estimate of drug-likeness (QED) is 0.589. The lowest BCUT2D eigenvalue weighted by Crippen LogP contribution is -1.98. The molecule has 0 fully saturated rings. The second-order valence-corrected chi connectivity index (χ2v) is 5.63. The summed E-state index contributed by atoms with van der Waals surface area (Å²) in [5.41, 5.74) is 2.14. The van der Waals surface area contributed by atoms with Gasteiger partial charge < -0.3 is 9.67 Å². The lowest BCUT2D eigenvalue weighted by Gasteiger charge is -2.08. The van der Waals surface area contributed by atoms with E-state index in [9.17, 15) is 14.3 Å². The van der Waals surface area contributed by atoms with E-state index in [1.54, 1.807) is 34.9 Å². The Morgan fingerprint density at radius 1 is 1.04 bits per heavy atom. The SMILES string of the molecule is N#Cc1ccc(-n2c3ccccc3c3c(C(=O)O)cccc32)cc1F. The number of para-hydroxylation sites is 1. The van der Waals surface area contributed by atoms with Crippen LogP contribution in [0, 0.1) is 17.1 Å². The summed E-state index contributed by atoms with van der Waals surface area (Å²) >= 11 is 0. The number of rotatable bonds is 2. The van der Waals surface area contributed by atoms with Crippen LogP contribution in [0.2, 0.25) is 0 Å². The molecule has 0 bridgehead atoms. The van der Waals surface area contributed by atoms with Gasteiger partial charge in [-0.05, 0) is 36.4 Å². The van der Waals surface area contributed by atoms with Gasteiger partial charge in [0.25, 0.3) is 0 Å². The summed E-state index contributed by atoms with van der Waals surface area (Å²) in [5.74, 6) is -1.63. The lowest BCUT2D eigenvalue weighted by atomic mass is 10.1. The van der Waals surface area contributed by atoms with Crippen molar-refractivity contribution >= 4 is 27.8 Å². The highest BCUT2D eigenvalue weighted by Crippen LogP contribution is 2.34. The molecule has 25 heavy (non-hydrogen) atoms. The minimum absolute atomic E-state index is 0.0317. The van der Waals surface area contributed by atoms with Gasteiger partial charge in [0.1, 0.15) is 11.9 Å². The molecule has 0 aliphatic heterocycles. The zero-order valence-electron chi connectivity index (χ0n) is 12.9. The summed E-state index contributed by atoms with van der Waals surface area (Å²) in [6.45, 7) is 0. The monoisotopic (exact) mass is 330 g/mol. The van der Waals surface area contributed by atoms with E-state index < -0.39 is 11.8 Å². The molecule has 0 radical (unpaired) electrons. The second kappa shape index (κ2) is 5.46. The Hall–Kier alpha value is -3.65. The molecule has 0 saturated carbocycles. The number of carboxylic acid groups (broad SMARTS) is 1. The fourth-order valence-electron chi connectivity index (χ4n) is 3.21. The molecule has 3 aromatic carbocycles. The summed E-state index contributed by atoms with van der Waals surface area (Å²) < 4.78 is 15.9. The summed E-state index contributed by atoms with van der Waals surface area (Å²) in [6.07, 6.45) is 0. The number of nitriles is 1. The van der Waals surface area contributed by atoms with Crippen LogP contribution in [0.3, 0.4) is 0 Å². The Kier molecular flexibility index (Phi) is 3.26. The van der Waals surface area contributed by atoms with Crippen molar-refractivity contribution < 1.29 is 14.3 Å². The standard InChI is InChI=1S/C20H11FN2O2/c21-16-10-13(9-8-12(16)11-22)23-17-6-2-1-4-14(17)19-15(20(24)25)5-3-7-18(19)23/h1-10H,(H,24,25). The Morgan fingerprint density at radius 2 is 1.80 bits per heavy atom. The van der Waals surface area contributed by atoms with Gasteiger partial charge in [-0.25, -0.2) is 9.18 Å². The van der Waals surface area contributed by atoms with Gasteiger partial charge in [-0.2, -0.15) is 5.26 Å². The van der Waals surface area contributed by atoms with Crippen LogP contribution < -0.4 is 0 Å². The highest BCUT2D eigenvalue weighted by atomic mass is 19.1. The summed E-state index contributed by atoms with van der Waals surface area (Å²) in [5, 5.41) is 19.8. The van der Waals surface area contributed by atoms with Gasteiger partial charge >= 0.3 is 5.97 Å². The molecule has 4 aromatic rings. The van der Waals surface area contributed by atoms with Gasteiger partial charge in [-0.1, -0.05) is 24.3 Å². The van der Waals surface area contributed by atoms with Crippen LogP contribution in [0.15, 0.2) is 60.7 Å². The second-order valence-electron chi connectivity index (χ2n) is 5.63. The number of aromatic nitrogens is 1. The van der Waals surface area contributed by atoms with Crippen LogP contribution in [0.4, 0.5) is 4.39 Å². The van der Waals surface area contributed by atoms with E-state index >= 15 is 0 Å². The number of nitrogens with zero attached hydrogens (tertiary/aromatic N) is 2. The number of hydrogen-bond acceptors (Lipinski definition) is 2. The normalized spacial score (nSPS) is 10.9. The molecule has 5 heteroatoms. The zero-order chi connectivity index (χ0) is 17.6. The zero-order valence-corrected chi connectivity index (χ0v) is 12.9. The largest absolute Gasteiger partial charge is 0.478 e. The van der Waals surface area contributed by atoms with Crippen molar-refractivity contribution in [3.05, 3.63) is 77.6 Å². The van der Waals surface area contributed by atoms with Gasteiger partial charge in [0.2, 0.25) is 0 Å². The predicted molar refractivity (Wildman–Crippen MR) is 92.4 cm³/mol. The number of halogens is 1. The third kappa shape index (κ3) is 2.16. The van der Waals surface area contributed by atoms with Crippen LogP contribution in [-0.4, -0.2) is 15.6 Å². The molecular weight excluding hydrogens is 319 g/mol. The number of carboxylic acids is 1. The van der Waals surface area contributed by atoms with E-state index in [-0.39, 0.29) is 11.1 Å². The summed E-state index contributed by atoms with van der Waals surface area (Å²) in [6, 6.07) is 18.6.